The van der Waals surface area contributed by atoms with Crippen molar-refractivity contribution in [3.8, 4) is 6.07 Å². The third-order valence-electron chi connectivity index (χ3n) is 2.20. The summed E-state index contributed by atoms with van der Waals surface area (Å²) in [5.74, 6) is -2.03. The predicted octanol–water partition coefficient (Wildman–Crippen LogP) is 2.96. The topological polar surface area (TPSA) is 41.6 Å². The molecule has 1 heterocycles. The number of aromatic nitrogens is 2. The Kier molecular flexibility index (Phi) is 3.63. The number of aryl methyl sites for hydroxylation is 1. The Morgan fingerprint density at radius 1 is 1.50 bits per heavy atom. The summed E-state index contributed by atoms with van der Waals surface area (Å²) in [6.07, 6.45) is -4.52. The lowest BCUT2D eigenvalue weighted by atomic mass is 10.1. The molecule has 0 fully saturated rings. The van der Waals surface area contributed by atoms with Crippen LogP contribution in [0.15, 0.2) is 4.47 Å². The molecule has 1 unspecified atom stereocenters. The second-order valence-electron chi connectivity index (χ2n) is 3.39. The van der Waals surface area contributed by atoms with Crippen LogP contribution in [0.25, 0.3) is 0 Å². The highest BCUT2D eigenvalue weighted by molar-refractivity contribution is 9.10. The van der Waals surface area contributed by atoms with Crippen LogP contribution in [0.5, 0.6) is 0 Å². The highest BCUT2D eigenvalue weighted by Gasteiger charge is 2.40. The Labute approximate surface area is 99.0 Å². The summed E-state index contributed by atoms with van der Waals surface area (Å²) in [5, 5.41) is 12.4. The van der Waals surface area contributed by atoms with Crippen molar-refractivity contribution in [3.05, 3.63) is 15.9 Å². The average molecular weight is 296 g/mol. The summed E-state index contributed by atoms with van der Waals surface area (Å²) in [6, 6.07) is 1.25. The summed E-state index contributed by atoms with van der Waals surface area (Å²) in [4.78, 5) is 0. The number of nitrogens with zero attached hydrogens (tertiary/aromatic N) is 3. The largest absolute Gasteiger partial charge is 0.406 e. The number of nitriles is 1. The fourth-order valence-electron chi connectivity index (χ4n) is 1.24. The van der Waals surface area contributed by atoms with Crippen molar-refractivity contribution in [1.82, 2.24) is 9.78 Å². The molecule has 3 nitrogen and oxygen atoms in total. The highest BCUT2D eigenvalue weighted by atomic mass is 79.9. The fourth-order valence-corrected chi connectivity index (χ4v) is 1.53. The molecule has 0 aromatic carbocycles. The summed E-state index contributed by atoms with van der Waals surface area (Å²) < 4.78 is 39.0. The first-order valence-corrected chi connectivity index (χ1v) is 5.22. The number of hydrogen-bond donors (Lipinski definition) is 0. The molecule has 0 aliphatic heterocycles. The first kappa shape index (κ1) is 13.0. The molecule has 0 amide bonds. The van der Waals surface area contributed by atoms with E-state index in [-0.39, 0.29) is 0 Å². The second-order valence-corrected chi connectivity index (χ2v) is 4.18. The van der Waals surface area contributed by atoms with Crippen molar-refractivity contribution >= 4 is 15.9 Å². The number of hydrogen-bond acceptors (Lipinski definition) is 2. The molecule has 16 heavy (non-hydrogen) atoms. The Balaban J connectivity index is 2.97. The average Bonchev–Trinajstić information content (AvgIpc) is 2.40. The maximum atomic E-state index is 12.4. The normalized spacial score (nSPS) is 13.6. The van der Waals surface area contributed by atoms with Crippen molar-refractivity contribution in [2.45, 2.75) is 26.6 Å². The van der Waals surface area contributed by atoms with E-state index in [9.17, 15) is 13.2 Å². The number of alkyl halides is 3. The Morgan fingerprint density at radius 3 is 2.38 bits per heavy atom. The molecule has 1 aromatic heterocycles. The molecule has 0 spiro atoms. The maximum Gasteiger partial charge on any atom is 0.406 e. The van der Waals surface area contributed by atoms with Crippen molar-refractivity contribution in [2.75, 3.05) is 0 Å². The molecule has 0 aliphatic carbocycles. The molecule has 1 rings (SSSR count). The van der Waals surface area contributed by atoms with Crippen molar-refractivity contribution in [1.29, 1.82) is 5.26 Å². The monoisotopic (exact) mass is 295 g/mol. The number of rotatable bonds is 2. The predicted molar refractivity (Wildman–Crippen MR) is 54.6 cm³/mol. The van der Waals surface area contributed by atoms with E-state index in [1.54, 1.807) is 13.8 Å². The molecule has 0 saturated carbocycles. The van der Waals surface area contributed by atoms with Gasteiger partial charge in [-0.3, -0.25) is 4.68 Å². The van der Waals surface area contributed by atoms with Gasteiger partial charge in [0.25, 0.3) is 0 Å². The van der Waals surface area contributed by atoms with E-state index >= 15 is 0 Å². The van der Waals surface area contributed by atoms with Gasteiger partial charge in [0.15, 0.2) is 5.92 Å². The van der Waals surface area contributed by atoms with Gasteiger partial charge in [0, 0.05) is 5.69 Å². The Hall–Kier alpha value is -1.03. The van der Waals surface area contributed by atoms with Gasteiger partial charge in [-0.15, -0.1) is 0 Å². The van der Waals surface area contributed by atoms with Crippen LogP contribution in [0.3, 0.4) is 0 Å². The minimum atomic E-state index is -4.52. The van der Waals surface area contributed by atoms with E-state index in [1.807, 2.05) is 0 Å². The van der Waals surface area contributed by atoms with Gasteiger partial charge in [0.2, 0.25) is 0 Å². The number of halogens is 4. The van der Waals surface area contributed by atoms with E-state index in [2.05, 4.69) is 21.0 Å². The van der Waals surface area contributed by atoms with Crippen LogP contribution < -0.4 is 0 Å². The first-order valence-electron chi connectivity index (χ1n) is 4.43. The van der Waals surface area contributed by atoms with Crippen LogP contribution in [0.2, 0.25) is 0 Å². The van der Waals surface area contributed by atoms with Crippen LogP contribution >= 0.6 is 15.9 Å². The van der Waals surface area contributed by atoms with Gasteiger partial charge in [-0.25, -0.2) is 0 Å². The highest BCUT2D eigenvalue weighted by Crippen LogP contribution is 2.28. The standard InChI is InChI=1S/C9H9BrF3N3/c1-5-8(10)6(2)16(15-5)4-7(3-14)9(11,12)13/h7H,4H2,1-2H3. The van der Waals surface area contributed by atoms with Crippen LogP contribution in [0, 0.1) is 31.1 Å². The SMILES string of the molecule is Cc1nn(CC(C#N)C(F)(F)F)c(C)c1Br. The van der Waals surface area contributed by atoms with Gasteiger partial charge in [0.1, 0.15) is 0 Å². The molecular formula is C9H9BrF3N3. The van der Waals surface area contributed by atoms with Crippen LogP contribution in [0.1, 0.15) is 11.4 Å². The summed E-state index contributed by atoms with van der Waals surface area (Å²) in [6.45, 7) is 2.86. The molecule has 88 valence electrons. The summed E-state index contributed by atoms with van der Waals surface area (Å²) in [5.41, 5.74) is 1.19. The van der Waals surface area contributed by atoms with E-state index in [4.69, 9.17) is 5.26 Å². The fraction of sp³-hybridized carbons (Fsp3) is 0.556. The summed E-state index contributed by atoms with van der Waals surface area (Å²) in [7, 11) is 0. The zero-order chi connectivity index (χ0) is 12.5. The molecule has 7 heteroatoms. The molecule has 0 N–H and O–H groups in total. The molecule has 1 atom stereocenters. The zero-order valence-electron chi connectivity index (χ0n) is 8.64. The van der Waals surface area contributed by atoms with Crippen molar-refractivity contribution in [2.24, 2.45) is 5.92 Å². The zero-order valence-corrected chi connectivity index (χ0v) is 10.2. The molecule has 0 bridgehead atoms. The molecule has 0 radical (unpaired) electrons. The maximum absolute atomic E-state index is 12.4. The van der Waals surface area contributed by atoms with Crippen LogP contribution in [0.4, 0.5) is 13.2 Å². The van der Waals surface area contributed by atoms with Gasteiger partial charge in [-0.1, -0.05) is 0 Å². The van der Waals surface area contributed by atoms with Gasteiger partial charge >= 0.3 is 6.18 Å². The minimum absolute atomic E-state index is 0.474. The van der Waals surface area contributed by atoms with Gasteiger partial charge < -0.3 is 0 Å². The van der Waals surface area contributed by atoms with Gasteiger partial charge in [-0.2, -0.15) is 23.5 Å². The van der Waals surface area contributed by atoms with E-state index in [0.717, 1.165) is 0 Å². The third-order valence-corrected chi connectivity index (χ3v) is 3.35. The van der Waals surface area contributed by atoms with Crippen molar-refractivity contribution < 1.29 is 13.2 Å². The smallest absolute Gasteiger partial charge is 0.267 e. The third kappa shape index (κ3) is 2.55. The van der Waals surface area contributed by atoms with Crippen LogP contribution in [-0.4, -0.2) is 16.0 Å². The minimum Gasteiger partial charge on any atom is -0.267 e. The first-order chi connectivity index (χ1) is 7.27. The second kappa shape index (κ2) is 4.45. The quantitative estimate of drug-likeness (QED) is 0.842. The lowest BCUT2D eigenvalue weighted by Gasteiger charge is -2.13. The summed E-state index contributed by atoms with van der Waals surface area (Å²) >= 11 is 3.21. The van der Waals surface area contributed by atoms with E-state index < -0.39 is 18.6 Å². The lowest BCUT2D eigenvalue weighted by molar-refractivity contribution is -0.162. The van der Waals surface area contributed by atoms with E-state index in [0.29, 0.717) is 15.9 Å². The van der Waals surface area contributed by atoms with Crippen LogP contribution in [-0.2, 0) is 6.54 Å². The van der Waals surface area contributed by atoms with Crippen molar-refractivity contribution in [3.63, 3.8) is 0 Å². The molecule has 0 saturated heterocycles. The molecule has 0 aliphatic rings. The Morgan fingerprint density at radius 2 is 2.06 bits per heavy atom. The lowest BCUT2D eigenvalue weighted by Crippen LogP contribution is -2.26. The van der Waals surface area contributed by atoms with Gasteiger partial charge in [0.05, 0.1) is 22.8 Å². The van der Waals surface area contributed by atoms with Gasteiger partial charge in [-0.05, 0) is 29.8 Å². The van der Waals surface area contributed by atoms with E-state index in [1.165, 1.54) is 10.8 Å². The molecule has 1 aromatic rings. The Bertz CT molecular complexity index is 430. The molecular weight excluding hydrogens is 287 g/mol.